The Bertz CT molecular complexity index is 1480. The molecule has 0 N–H and O–H groups in total. The van der Waals surface area contributed by atoms with Gasteiger partial charge in [-0.1, -0.05) is 279 Å². The van der Waals surface area contributed by atoms with E-state index in [1.54, 1.807) is 0 Å². The Kier molecular flexibility index (Phi) is 59.8. The summed E-state index contributed by atoms with van der Waals surface area (Å²) in [6.07, 6.45) is 84.1. The summed E-state index contributed by atoms with van der Waals surface area (Å²) in [5.74, 6) is -0.939. The molecule has 0 unspecified atom stereocenters. The number of hydrogen-bond acceptors (Lipinski definition) is 6. The second-order valence-corrected chi connectivity index (χ2v) is 20.9. The number of carbonyl (C=O) groups excluding carboxylic acids is 3. The van der Waals surface area contributed by atoms with Crippen LogP contribution in [0.3, 0.4) is 0 Å². The second kappa shape index (κ2) is 62.9. The third-order valence-corrected chi connectivity index (χ3v) is 13.6. The molecule has 1 atom stereocenters. The highest BCUT2D eigenvalue weighted by atomic mass is 16.6. The highest BCUT2D eigenvalue weighted by molar-refractivity contribution is 5.71. The van der Waals surface area contributed by atoms with E-state index < -0.39 is 6.10 Å². The molecule has 430 valence electrons. The first kappa shape index (κ1) is 71.3. The van der Waals surface area contributed by atoms with E-state index in [1.807, 2.05) is 0 Å². The average Bonchev–Trinajstić information content (AvgIpc) is 3.41. The van der Waals surface area contributed by atoms with E-state index in [2.05, 4.69) is 118 Å². The molecule has 0 radical (unpaired) electrons. The van der Waals surface area contributed by atoms with Crippen molar-refractivity contribution in [3.05, 3.63) is 97.2 Å². The highest BCUT2D eigenvalue weighted by Gasteiger charge is 2.19. The Hall–Kier alpha value is -3.67. The molecule has 0 amide bonds. The van der Waals surface area contributed by atoms with Gasteiger partial charge in [-0.2, -0.15) is 0 Å². The molecule has 0 aromatic heterocycles. The number of hydrogen-bond donors (Lipinski definition) is 0. The lowest BCUT2D eigenvalue weighted by atomic mass is 10.0. The molecule has 0 aromatic carbocycles. The molecule has 6 nitrogen and oxygen atoms in total. The Balaban J connectivity index is 4.45. The van der Waals surface area contributed by atoms with Gasteiger partial charge in [0.25, 0.3) is 0 Å². The molecule has 0 aliphatic rings. The molecule has 0 aliphatic heterocycles. The van der Waals surface area contributed by atoms with Crippen LogP contribution < -0.4 is 0 Å². The highest BCUT2D eigenvalue weighted by Crippen LogP contribution is 2.17. The van der Waals surface area contributed by atoms with Gasteiger partial charge in [0.15, 0.2) is 6.10 Å². The fourth-order valence-electron chi connectivity index (χ4n) is 8.83. The maximum absolute atomic E-state index is 12.9. The van der Waals surface area contributed by atoms with Crippen molar-refractivity contribution < 1.29 is 28.6 Å². The summed E-state index contributed by atoms with van der Waals surface area (Å²) in [7, 11) is 0. The zero-order valence-corrected chi connectivity index (χ0v) is 49.3. The minimum Gasteiger partial charge on any atom is -0.462 e. The van der Waals surface area contributed by atoms with Gasteiger partial charge in [0.2, 0.25) is 0 Å². The molecule has 0 fully saturated rings. The van der Waals surface area contributed by atoms with Crippen molar-refractivity contribution in [2.75, 3.05) is 13.2 Å². The number of allylic oxidation sites excluding steroid dienone is 16. The van der Waals surface area contributed by atoms with Crippen LogP contribution in [0.15, 0.2) is 97.2 Å². The largest absolute Gasteiger partial charge is 0.462 e. The summed E-state index contributed by atoms with van der Waals surface area (Å²) < 4.78 is 16.9. The Morgan fingerprint density at radius 3 is 0.853 bits per heavy atom. The van der Waals surface area contributed by atoms with Gasteiger partial charge >= 0.3 is 17.9 Å². The van der Waals surface area contributed by atoms with Crippen molar-refractivity contribution in [2.45, 2.75) is 309 Å². The van der Waals surface area contributed by atoms with Crippen LogP contribution >= 0.6 is 0 Å². The van der Waals surface area contributed by atoms with Crippen LogP contribution in [0.25, 0.3) is 0 Å². The van der Waals surface area contributed by atoms with Crippen LogP contribution in [0.2, 0.25) is 0 Å². The van der Waals surface area contributed by atoms with Gasteiger partial charge in [-0.05, 0) is 103 Å². The fraction of sp³-hybridized carbons (Fsp3) is 0.725. The van der Waals surface area contributed by atoms with E-state index in [1.165, 1.54) is 141 Å². The zero-order chi connectivity index (χ0) is 54.3. The molecule has 6 heteroatoms. The van der Waals surface area contributed by atoms with Crippen molar-refractivity contribution >= 4 is 17.9 Å². The summed E-state index contributed by atoms with van der Waals surface area (Å²) in [6, 6.07) is 0. The molecule has 0 saturated heterocycles. The van der Waals surface area contributed by atoms with Gasteiger partial charge in [-0.15, -0.1) is 0 Å². The normalized spacial score (nSPS) is 12.7. The van der Waals surface area contributed by atoms with Crippen molar-refractivity contribution in [3.8, 4) is 0 Å². The Morgan fingerprint density at radius 1 is 0.280 bits per heavy atom. The topological polar surface area (TPSA) is 78.9 Å². The number of esters is 3. The molecule has 0 aromatic rings. The SMILES string of the molecule is CC/C=C\C/C=C\C/C=C\C/C=C\C/C=C\CCCCCC(=O)OC[C@H](COC(=O)CCCCCC/C=C\C/C=C\C/C=C\CCCCC)OC(=O)CCCCCCCCCCCCCCCCCCCCCCC. The molecule has 75 heavy (non-hydrogen) atoms. The quantitative estimate of drug-likeness (QED) is 0.0261. The van der Waals surface area contributed by atoms with Gasteiger partial charge < -0.3 is 14.2 Å². The molecular weight excluding hydrogens is 925 g/mol. The summed E-state index contributed by atoms with van der Waals surface area (Å²) in [5.41, 5.74) is 0. The molecular formula is C69H118O6. The smallest absolute Gasteiger partial charge is 0.306 e. The first-order valence-electron chi connectivity index (χ1n) is 31.7. The van der Waals surface area contributed by atoms with Gasteiger partial charge in [0.05, 0.1) is 0 Å². The minimum atomic E-state index is -0.802. The summed E-state index contributed by atoms with van der Waals surface area (Å²) in [5, 5.41) is 0. The summed E-state index contributed by atoms with van der Waals surface area (Å²) >= 11 is 0. The Labute approximate surface area is 464 Å². The first-order valence-corrected chi connectivity index (χ1v) is 31.7. The molecule has 0 bridgehead atoms. The summed E-state index contributed by atoms with van der Waals surface area (Å²) in [6.45, 7) is 6.48. The van der Waals surface area contributed by atoms with Crippen LogP contribution in [0, 0.1) is 0 Å². The lowest BCUT2D eigenvalue weighted by molar-refractivity contribution is -0.167. The monoisotopic (exact) mass is 1040 g/mol. The van der Waals surface area contributed by atoms with Crippen molar-refractivity contribution in [1.29, 1.82) is 0 Å². The molecule has 0 saturated carbocycles. The Morgan fingerprint density at radius 2 is 0.520 bits per heavy atom. The third-order valence-electron chi connectivity index (χ3n) is 13.6. The van der Waals surface area contributed by atoms with Crippen LogP contribution in [0.5, 0.6) is 0 Å². The average molecular weight is 1040 g/mol. The molecule has 0 rings (SSSR count). The van der Waals surface area contributed by atoms with E-state index >= 15 is 0 Å². The van der Waals surface area contributed by atoms with E-state index in [-0.39, 0.29) is 31.1 Å². The predicted molar refractivity (Wildman–Crippen MR) is 325 cm³/mol. The van der Waals surface area contributed by atoms with Gasteiger partial charge in [0.1, 0.15) is 13.2 Å². The standard InChI is InChI=1S/C69H118O6/c1-4-7-10-13-16-19-22-25-28-31-33-34-36-39-42-45-48-51-54-57-60-63-69(72)75-66(64-73-67(70)61-58-55-52-49-46-43-40-37-30-27-24-21-18-15-12-9-6-3)65-74-68(71)62-59-56-53-50-47-44-41-38-35-32-29-26-23-20-17-14-11-8-5-2/h8,11,17-18,20-21,26-27,29-30,35,38,40,43-44,47,66H,4-7,9-10,12-16,19,22-25,28,31-34,36-37,39,41-42,45-46,48-65H2,1-3H3/b11-8-,20-17-,21-18-,29-26-,30-27-,38-35-,43-40-,47-44-/t66-/m0/s1. The maximum Gasteiger partial charge on any atom is 0.306 e. The fourth-order valence-corrected chi connectivity index (χ4v) is 8.83. The van der Waals surface area contributed by atoms with Crippen molar-refractivity contribution in [3.63, 3.8) is 0 Å². The van der Waals surface area contributed by atoms with Gasteiger partial charge in [-0.25, -0.2) is 0 Å². The molecule has 0 heterocycles. The summed E-state index contributed by atoms with van der Waals surface area (Å²) in [4.78, 5) is 38.3. The first-order chi connectivity index (χ1) is 37.0. The lowest BCUT2D eigenvalue weighted by Crippen LogP contribution is -2.30. The predicted octanol–water partition coefficient (Wildman–Crippen LogP) is 21.7. The van der Waals surface area contributed by atoms with Crippen LogP contribution in [0.4, 0.5) is 0 Å². The van der Waals surface area contributed by atoms with Crippen LogP contribution in [-0.2, 0) is 28.6 Å². The zero-order valence-electron chi connectivity index (χ0n) is 49.3. The number of ether oxygens (including phenoxy) is 3. The van der Waals surface area contributed by atoms with E-state index in [9.17, 15) is 14.4 Å². The molecule has 0 aliphatic carbocycles. The van der Waals surface area contributed by atoms with E-state index in [0.29, 0.717) is 19.3 Å². The third kappa shape index (κ3) is 61.1. The van der Waals surface area contributed by atoms with Crippen LogP contribution in [0.1, 0.15) is 303 Å². The number of rotatable bonds is 57. The molecule has 0 spiro atoms. The maximum atomic E-state index is 12.9. The second-order valence-electron chi connectivity index (χ2n) is 20.9. The van der Waals surface area contributed by atoms with Crippen LogP contribution in [-0.4, -0.2) is 37.2 Å². The lowest BCUT2D eigenvalue weighted by Gasteiger charge is -2.18. The number of carbonyl (C=O) groups is 3. The number of unbranched alkanes of at least 4 members (excludes halogenated alkanes) is 30. The van der Waals surface area contributed by atoms with Gasteiger partial charge in [0, 0.05) is 19.3 Å². The van der Waals surface area contributed by atoms with E-state index in [4.69, 9.17) is 14.2 Å². The van der Waals surface area contributed by atoms with Crippen molar-refractivity contribution in [2.24, 2.45) is 0 Å². The minimum absolute atomic E-state index is 0.0983. The van der Waals surface area contributed by atoms with E-state index in [0.717, 1.165) is 122 Å². The van der Waals surface area contributed by atoms with Crippen molar-refractivity contribution in [1.82, 2.24) is 0 Å². The van der Waals surface area contributed by atoms with Gasteiger partial charge in [-0.3, -0.25) is 14.4 Å².